The van der Waals surface area contributed by atoms with E-state index in [4.69, 9.17) is 34.7 Å². The Morgan fingerprint density at radius 1 is 0.791 bits per heavy atom. The molecule has 4 heterocycles. The number of nitrogens with one attached hydrogen (secondary N) is 2. The number of carbonyl (C=O) groups is 2. The molecule has 2 aromatic heterocycles. The van der Waals surface area contributed by atoms with Crippen molar-refractivity contribution in [1.29, 1.82) is 0 Å². The molecular formula is C29H38Cl2N10O2. The maximum Gasteiger partial charge on any atom is 0.223 e. The second-order valence-electron chi connectivity index (χ2n) is 10.4. The second-order valence-corrected chi connectivity index (χ2v) is 11.2. The van der Waals surface area contributed by atoms with E-state index < -0.39 is 0 Å². The first-order chi connectivity index (χ1) is 20.7. The highest BCUT2D eigenvalue weighted by Gasteiger charge is 2.20. The third-order valence-electron chi connectivity index (χ3n) is 7.10. The lowest BCUT2D eigenvalue weighted by molar-refractivity contribution is -0.128. The fourth-order valence-corrected chi connectivity index (χ4v) is 5.31. The molecule has 2 aliphatic heterocycles. The van der Waals surface area contributed by atoms with Gasteiger partial charge >= 0.3 is 0 Å². The summed E-state index contributed by atoms with van der Waals surface area (Å²) < 4.78 is 0. The van der Waals surface area contributed by atoms with Crippen LogP contribution in [0.4, 0.5) is 23.5 Å². The normalized spacial score (nSPS) is 14.6. The van der Waals surface area contributed by atoms with E-state index in [9.17, 15) is 9.59 Å². The number of nitrogen functional groups attached to an aromatic ring is 2. The zero-order valence-electron chi connectivity index (χ0n) is 24.3. The summed E-state index contributed by atoms with van der Waals surface area (Å²) in [6.07, 6.45) is 5.04. The number of likely N-dealkylation sites (tertiary alicyclic amines) is 2. The first-order valence-corrected chi connectivity index (χ1v) is 15.2. The molecule has 0 bridgehead atoms. The lowest BCUT2D eigenvalue weighted by Crippen LogP contribution is -2.27. The van der Waals surface area contributed by atoms with Crippen molar-refractivity contribution in [2.75, 3.05) is 61.4 Å². The zero-order valence-corrected chi connectivity index (χ0v) is 25.8. The van der Waals surface area contributed by atoms with Crippen LogP contribution in [0, 0.1) is 6.92 Å². The van der Waals surface area contributed by atoms with Crippen LogP contribution < -0.4 is 22.1 Å². The summed E-state index contributed by atoms with van der Waals surface area (Å²) in [5.74, 6) is 2.16. The Labute approximate surface area is 261 Å². The van der Waals surface area contributed by atoms with Crippen molar-refractivity contribution in [2.45, 2.75) is 45.4 Å². The van der Waals surface area contributed by atoms with Crippen molar-refractivity contribution in [3.63, 3.8) is 0 Å². The van der Waals surface area contributed by atoms with Crippen LogP contribution in [0.15, 0.2) is 30.3 Å². The Kier molecular flexibility index (Phi) is 11.6. The fraction of sp³-hybridized carbons (Fsp3) is 0.448. The molecule has 0 spiro atoms. The molecule has 2 fully saturated rings. The summed E-state index contributed by atoms with van der Waals surface area (Å²) in [6, 6.07) is 9.18. The van der Waals surface area contributed by atoms with E-state index in [1.165, 1.54) is 0 Å². The molecule has 2 amide bonds. The molecule has 0 unspecified atom stereocenters. The highest BCUT2D eigenvalue weighted by Crippen LogP contribution is 2.27. The Bertz CT molecular complexity index is 1400. The number of aromatic nitrogens is 4. The molecule has 1 aromatic carbocycles. The number of rotatable bonds is 11. The Morgan fingerprint density at radius 2 is 1.35 bits per heavy atom. The molecule has 3 aromatic rings. The van der Waals surface area contributed by atoms with Gasteiger partial charge in [0.25, 0.3) is 0 Å². The summed E-state index contributed by atoms with van der Waals surface area (Å²) in [6.45, 7) is 6.74. The van der Waals surface area contributed by atoms with Crippen LogP contribution in [0.5, 0.6) is 0 Å². The number of amides is 2. The van der Waals surface area contributed by atoms with Crippen LogP contribution in [0.3, 0.4) is 0 Å². The maximum atomic E-state index is 11.6. The number of halogens is 2. The van der Waals surface area contributed by atoms with E-state index in [0.29, 0.717) is 41.2 Å². The molecule has 230 valence electrons. The summed E-state index contributed by atoms with van der Waals surface area (Å²) in [4.78, 5) is 43.1. The lowest BCUT2D eigenvalue weighted by atomic mass is 10.1. The average molecular weight is 630 g/mol. The van der Waals surface area contributed by atoms with Gasteiger partial charge in [-0.05, 0) is 50.3 Å². The van der Waals surface area contributed by atoms with Crippen LogP contribution in [0.25, 0.3) is 11.3 Å². The van der Waals surface area contributed by atoms with Gasteiger partial charge < -0.3 is 31.9 Å². The predicted octanol–water partition coefficient (Wildman–Crippen LogP) is 4.25. The SMILES string of the molecule is Cc1ccc(Cl)cc1-c1cc(NCCCN2CCCC2=O)nc(N)n1.Nc1nc(Cl)cc(NCCCN2CCCC2=O)n1. The molecular weight excluding hydrogens is 591 g/mol. The van der Waals surface area contributed by atoms with Crippen LogP contribution in [0.2, 0.25) is 10.2 Å². The highest BCUT2D eigenvalue weighted by molar-refractivity contribution is 6.31. The van der Waals surface area contributed by atoms with Gasteiger partial charge in [-0.25, -0.2) is 9.97 Å². The third kappa shape index (κ3) is 9.82. The second kappa shape index (κ2) is 15.5. The molecule has 2 aliphatic rings. The summed E-state index contributed by atoms with van der Waals surface area (Å²) >= 11 is 11.9. The van der Waals surface area contributed by atoms with Crippen molar-refractivity contribution < 1.29 is 9.59 Å². The Morgan fingerprint density at radius 3 is 1.88 bits per heavy atom. The fourth-order valence-electron chi connectivity index (χ4n) is 4.94. The average Bonchev–Trinajstić information content (AvgIpc) is 3.57. The number of nitrogens with zero attached hydrogens (tertiary/aromatic N) is 6. The molecule has 12 nitrogen and oxygen atoms in total. The first kappa shape index (κ1) is 32.0. The Hall–Kier alpha value is -3.90. The van der Waals surface area contributed by atoms with E-state index in [1.807, 2.05) is 41.0 Å². The number of hydrogen-bond donors (Lipinski definition) is 4. The summed E-state index contributed by atoms with van der Waals surface area (Å²) in [5, 5.41) is 7.35. The van der Waals surface area contributed by atoms with E-state index in [0.717, 1.165) is 75.2 Å². The summed E-state index contributed by atoms with van der Waals surface area (Å²) in [7, 11) is 0. The zero-order chi connectivity index (χ0) is 30.8. The number of nitrogens with two attached hydrogens (primary N) is 2. The van der Waals surface area contributed by atoms with Gasteiger partial charge in [-0.3, -0.25) is 9.59 Å². The molecule has 5 rings (SSSR count). The number of anilines is 4. The molecule has 6 N–H and O–H groups in total. The minimum Gasteiger partial charge on any atom is -0.370 e. The molecule has 2 saturated heterocycles. The van der Waals surface area contributed by atoms with Crippen LogP contribution in [-0.2, 0) is 9.59 Å². The van der Waals surface area contributed by atoms with Gasteiger partial charge in [0.1, 0.15) is 16.8 Å². The van der Waals surface area contributed by atoms with Crippen LogP contribution in [-0.4, -0.2) is 80.8 Å². The van der Waals surface area contributed by atoms with Crippen LogP contribution in [0.1, 0.15) is 44.1 Å². The molecule has 14 heteroatoms. The molecule has 0 aliphatic carbocycles. The van der Waals surface area contributed by atoms with E-state index >= 15 is 0 Å². The van der Waals surface area contributed by atoms with Gasteiger partial charge in [0.15, 0.2) is 0 Å². The number of hydrogen-bond acceptors (Lipinski definition) is 10. The number of benzene rings is 1. The van der Waals surface area contributed by atoms with Crippen molar-refractivity contribution >= 4 is 58.5 Å². The molecule has 43 heavy (non-hydrogen) atoms. The van der Waals surface area contributed by atoms with Crippen molar-refractivity contribution in [2.24, 2.45) is 0 Å². The van der Waals surface area contributed by atoms with Gasteiger partial charge in [-0.1, -0.05) is 29.3 Å². The standard InChI is InChI=1S/C18H22ClN5O.C11H16ClN5O/c1-12-5-6-13(19)10-14(12)15-11-16(23-18(20)22-15)21-7-3-9-24-8-2-4-17(24)25;12-8-7-9(16-11(13)15-8)14-4-2-6-17-5-1-3-10(17)18/h5-6,10-11H,2-4,7-9H2,1H3,(H3,20,21,22,23);7H,1-6H2,(H3,13,14,15,16). The largest absolute Gasteiger partial charge is 0.370 e. The van der Waals surface area contributed by atoms with Gasteiger partial charge in [0.2, 0.25) is 23.7 Å². The van der Waals surface area contributed by atoms with E-state index in [-0.39, 0.29) is 23.7 Å². The highest BCUT2D eigenvalue weighted by atomic mass is 35.5. The van der Waals surface area contributed by atoms with Gasteiger partial charge in [-0.2, -0.15) is 9.97 Å². The van der Waals surface area contributed by atoms with E-state index in [2.05, 4.69) is 30.6 Å². The van der Waals surface area contributed by atoms with Crippen molar-refractivity contribution in [1.82, 2.24) is 29.7 Å². The van der Waals surface area contributed by atoms with E-state index in [1.54, 1.807) is 6.07 Å². The smallest absolute Gasteiger partial charge is 0.223 e. The van der Waals surface area contributed by atoms with Gasteiger partial charge in [0.05, 0.1) is 5.69 Å². The quantitative estimate of drug-likeness (QED) is 0.178. The van der Waals surface area contributed by atoms with Gasteiger partial charge in [0, 0.05) is 74.8 Å². The minimum absolute atomic E-state index is 0.153. The molecule has 0 saturated carbocycles. The lowest BCUT2D eigenvalue weighted by Gasteiger charge is -2.15. The third-order valence-corrected chi connectivity index (χ3v) is 7.52. The summed E-state index contributed by atoms with van der Waals surface area (Å²) in [5.41, 5.74) is 14.1. The molecule has 0 radical (unpaired) electrons. The monoisotopic (exact) mass is 628 g/mol. The predicted molar refractivity (Wildman–Crippen MR) is 171 cm³/mol. The minimum atomic E-state index is 0.153. The molecule has 0 atom stereocenters. The van der Waals surface area contributed by atoms with Crippen molar-refractivity contribution in [3.8, 4) is 11.3 Å². The number of aryl methyl sites for hydroxylation is 1. The maximum absolute atomic E-state index is 11.6. The number of carbonyl (C=O) groups excluding carboxylic acids is 2. The van der Waals surface area contributed by atoms with Gasteiger partial charge in [-0.15, -0.1) is 0 Å². The topological polar surface area (TPSA) is 168 Å². The first-order valence-electron chi connectivity index (χ1n) is 14.4. The van der Waals surface area contributed by atoms with Crippen LogP contribution >= 0.6 is 23.2 Å². The van der Waals surface area contributed by atoms with Crippen molar-refractivity contribution in [3.05, 3.63) is 46.1 Å². The Balaban J connectivity index is 0.000000208.